The predicted molar refractivity (Wildman–Crippen MR) is 46.5 cm³/mol. The first-order valence-corrected chi connectivity index (χ1v) is 4.89. The zero-order valence-electron chi connectivity index (χ0n) is 8.18. The molecule has 6 heteroatoms. The lowest BCUT2D eigenvalue weighted by atomic mass is 10.2. The topological polar surface area (TPSA) is 45.0 Å². The third-order valence-corrected chi connectivity index (χ3v) is 2.39. The molecule has 1 rings (SSSR count). The van der Waals surface area contributed by atoms with E-state index in [9.17, 15) is 13.2 Å². The average molecular weight is 222 g/mol. The van der Waals surface area contributed by atoms with Crippen LogP contribution in [0.1, 0.15) is 25.7 Å². The van der Waals surface area contributed by atoms with Gasteiger partial charge in [-0.25, -0.2) is 5.48 Å². The van der Waals surface area contributed by atoms with Crippen molar-refractivity contribution in [2.45, 2.75) is 38.0 Å². The van der Waals surface area contributed by atoms with Crippen molar-refractivity contribution in [1.82, 2.24) is 5.48 Å². The van der Waals surface area contributed by atoms with Gasteiger partial charge in [0.05, 0.1) is 12.2 Å². The van der Waals surface area contributed by atoms with E-state index in [1.165, 1.54) is 6.07 Å². The number of hydrogen-bond donors (Lipinski definition) is 1. The molecule has 0 aromatic carbocycles. The molecule has 0 aliphatic heterocycles. The number of nitrogens with zero attached hydrogens (tertiary/aromatic N) is 1. The van der Waals surface area contributed by atoms with Gasteiger partial charge in [-0.05, 0) is 12.8 Å². The third kappa shape index (κ3) is 4.06. The number of halogens is 3. The van der Waals surface area contributed by atoms with E-state index in [4.69, 9.17) is 10.1 Å². The van der Waals surface area contributed by atoms with E-state index in [1.54, 1.807) is 0 Å². The Labute approximate surface area is 86.2 Å². The fraction of sp³-hybridized carbons (Fsp3) is 0.889. The lowest BCUT2D eigenvalue weighted by Crippen LogP contribution is -2.34. The second-order valence-corrected chi connectivity index (χ2v) is 3.60. The van der Waals surface area contributed by atoms with Gasteiger partial charge in [0.2, 0.25) is 0 Å². The standard InChI is InChI=1S/C9H13F3N2O/c10-9(11,12)7(5-13)6-14-15-8-3-1-2-4-8/h7-8,14H,1-4,6H2. The summed E-state index contributed by atoms with van der Waals surface area (Å²) in [6.07, 6.45) is -0.647. The maximum absolute atomic E-state index is 12.1. The van der Waals surface area contributed by atoms with E-state index < -0.39 is 18.6 Å². The monoisotopic (exact) mass is 222 g/mol. The van der Waals surface area contributed by atoms with Gasteiger partial charge in [-0.15, -0.1) is 0 Å². The van der Waals surface area contributed by atoms with Crippen LogP contribution in [0.25, 0.3) is 0 Å². The Kier molecular flexibility index (Phi) is 4.36. The average Bonchev–Trinajstić information content (AvgIpc) is 2.62. The lowest BCUT2D eigenvalue weighted by Gasteiger charge is -2.16. The van der Waals surface area contributed by atoms with Crippen molar-refractivity contribution in [3.05, 3.63) is 0 Å². The Morgan fingerprint density at radius 3 is 2.47 bits per heavy atom. The summed E-state index contributed by atoms with van der Waals surface area (Å²) in [5, 5.41) is 8.29. The second kappa shape index (κ2) is 5.33. The highest BCUT2D eigenvalue weighted by Gasteiger charge is 2.39. The number of hydroxylamine groups is 1. The summed E-state index contributed by atoms with van der Waals surface area (Å²) in [6, 6.07) is 1.20. The zero-order chi connectivity index (χ0) is 11.3. The molecule has 0 aromatic rings. The predicted octanol–water partition coefficient (Wildman–Crippen LogP) is 2.15. The highest BCUT2D eigenvalue weighted by atomic mass is 19.4. The Hall–Kier alpha value is -0.800. The highest BCUT2D eigenvalue weighted by Crippen LogP contribution is 2.25. The van der Waals surface area contributed by atoms with E-state index in [-0.39, 0.29) is 6.10 Å². The van der Waals surface area contributed by atoms with E-state index >= 15 is 0 Å². The summed E-state index contributed by atoms with van der Waals surface area (Å²) in [5.41, 5.74) is 2.24. The first-order chi connectivity index (χ1) is 7.04. The molecule has 1 N–H and O–H groups in total. The first-order valence-electron chi connectivity index (χ1n) is 4.89. The Morgan fingerprint density at radius 2 is 2.00 bits per heavy atom. The summed E-state index contributed by atoms with van der Waals surface area (Å²) >= 11 is 0. The van der Waals surface area contributed by atoms with Crippen molar-refractivity contribution in [1.29, 1.82) is 5.26 Å². The second-order valence-electron chi connectivity index (χ2n) is 3.60. The van der Waals surface area contributed by atoms with Crippen molar-refractivity contribution in [3.8, 4) is 6.07 Å². The van der Waals surface area contributed by atoms with Crippen molar-refractivity contribution in [3.63, 3.8) is 0 Å². The van der Waals surface area contributed by atoms with E-state index in [0.717, 1.165) is 25.7 Å². The van der Waals surface area contributed by atoms with Crippen LogP contribution in [-0.4, -0.2) is 18.8 Å². The molecule has 1 aliphatic carbocycles. The quantitative estimate of drug-likeness (QED) is 0.741. The molecule has 3 nitrogen and oxygen atoms in total. The molecule has 86 valence electrons. The van der Waals surface area contributed by atoms with Gasteiger partial charge in [-0.3, -0.25) is 4.84 Å². The molecule has 0 bridgehead atoms. The number of nitrogens with one attached hydrogen (secondary N) is 1. The van der Waals surface area contributed by atoms with Crippen LogP contribution in [0.3, 0.4) is 0 Å². The summed E-state index contributed by atoms with van der Waals surface area (Å²) in [4.78, 5) is 5.03. The van der Waals surface area contributed by atoms with Crippen molar-refractivity contribution < 1.29 is 18.0 Å². The van der Waals surface area contributed by atoms with E-state index in [2.05, 4.69) is 5.48 Å². The van der Waals surface area contributed by atoms with Gasteiger partial charge in [0, 0.05) is 6.54 Å². The van der Waals surface area contributed by atoms with Gasteiger partial charge in [0.15, 0.2) is 5.92 Å². The van der Waals surface area contributed by atoms with Crippen LogP contribution >= 0.6 is 0 Å². The number of rotatable bonds is 4. The largest absolute Gasteiger partial charge is 0.405 e. The minimum absolute atomic E-state index is 0.00224. The molecular formula is C9H13F3N2O. The number of nitriles is 1. The minimum Gasteiger partial charge on any atom is -0.298 e. The molecule has 0 heterocycles. The van der Waals surface area contributed by atoms with Crippen LogP contribution in [0.15, 0.2) is 0 Å². The van der Waals surface area contributed by atoms with Crippen LogP contribution in [0.4, 0.5) is 13.2 Å². The Bertz CT molecular complexity index is 230. The van der Waals surface area contributed by atoms with Crippen molar-refractivity contribution in [2.75, 3.05) is 6.54 Å². The zero-order valence-corrected chi connectivity index (χ0v) is 8.18. The molecule has 0 spiro atoms. The van der Waals surface area contributed by atoms with E-state index in [0.29, 0.717) is 0 Å². The molecule has 15 heavy (non-hydrogen) atoms. The summed E-state index contributed by atoms with van der Waals surface area (Å²) < 4.78 is 36.3. The number of hydrogen-bond acceptors (Lipinski definition) is 3. The molecular weight excluding hydrogens is 209 g/mol. The first kappa shape index (κ1) is 12.3. The highest BCUT2D eigenvalue weighted by molar-refractivity contribution is 4.89. The fourth-order valence-electron chi connectivity index (χ4n) is 1.49. The Balaban J connectivity index is 2.20. The van der Waals surface area contributed by atoms with Crippen molar-refractivity contribution in [2.24, 2.45) is 5.92 Å². The molecule has 1 atom stereocenters. The smallest absolute Gasteiger partial charge is 0.298 e. The third-order valence-electron chi connectivity index (χ3n) is 2.39. The molecule has 0 amide bonds. The van der Waals surface area contributed by atoms with Gasteiger partial charge in [0.1, 0.15) is 0 Å². The molecule has 1 saturated carbocycles. The fourth-order valence-corrected chi connectivity index (χ4v) is 1.49. The number of alkyl halides is 3. The van der Waals surface area contributed by atoms with E-state index in [1.807, 2.05) is 0 Å². The molecule has 1 unspecified atom stereocenters. The molecule has 1 fully saturated rings. The summed E-state index contributed by atoms with van der Waals surface area (Å²) in [5.74, 6) is -2.00. The maximum Gasteiger partial charge on any atom is 0.405 e. The molecule has 0 saturated heterocycles. The van der Waals surface area contributed by atoms with Crippen LogP contribution < -0.4 is 5.48 Å². The maximum atomic E-state index is 12.1. The van der Waals surface area contributed by atoms with Crippen LogP contribution in [0.2, 0.25) is 0 Å². The van der Waals surface area contributed by atoms with Crippen LogP contribution in [-0.2, 0) is 4.84 Å². The van der Waals surface area contributed by atoms with Gasteiger partial charge in [-0.1, -0.05) is 12.8 Å². The SMILES string of the molecule is N#CC(CNOC1CCCC1)C(F)(F)F. The van der Waals surface area contributed by atoms with Gasteiger partial charge in [0.25, 0.3) is 0 Å². The minimum atomic E-state index is -4.49. The van der Waals surface area contributed by atoms with Gasteiger partial charge < -0.3 is 0 Å². The van der Waals surface area contributed by atoms with Crippen molar-refractivity contribution >= 4 is 0 Å². The molecule has 0 radical (unpaired) electrons. The van der Waals surface area contributed by atoms with Gasteiger partial charge >= 0.3 is 6.18 Å². The van der Waals surface area contributed by atoms with Crippen LogP contribution in [0, 0.1) is 17.2 Å². The summed E-state index contributed by atoms with van der Waals surface area (Å²) in [7, 11) is 0. The lowest BCUT2D eigenvalue weighted by molar-refractivity contribution is -0.166. The molecule has 0 aromatic heterocycles. The Morgan fingerprint density at radius 1 is 1.40 bits per heavy atom. The van der Waals surface area contributed by atoms with Crippen LogP contribution in [0.5, 0.6) is 0 Å². The normalized spacial score (nSPS) is 20.1. The summed E-state index contributed by atoms with van der Waals surface area (Å²) in [6.45, 7) is -0.503. The molecule has 1 aliphatic rings. The van der Waals surface area contributed by atoms with Gasteiger partial charge in [-0.2, -0.15) is 18.4 Å².